The number of hydrogen-bond acceptors (Lipinski definition) is 7. The third-order valence-electron chi connectivity index (χ3n) is 5.53. The van der Waals surface area contributed by atoms with Gasteiger partial charge in [-0.05, 0) is 66.4 Å². The van der Waals surface area contributed by atoms with Gasteiger partial charge in [0.15, 0.2) is 5.82 Å². The summed E-state index contributed by atoms with van der Waals surface area (Å²) in [5.41, 5.74) is 1.96. The van der Waals surface area contributed by atoms with E-state index in [0.29, 0.717) is 28.8 Å². The van der Waals surface area contributed by atoms with Gasteiger partial charge in [-0.3, -0.25) is 14.9 Å². The number of tetrazole rings is 1. The predicted molar refractivity (Wildman–Crippen MR) is 116 cm³/mol. The van der Waals surface area contributed by atoms with Crippen LogP contribution in [0.15, 0.2) is 42.5 Å². The molecule has 1 fully saturated rings. The van der Waals surface area contributed by atoms with Gasteiger partial charge in [-0.2, -0.15) is 4.68 Å². The van der Waals surface area contributed by atoms with Crippen molar-refractivity contribution < 1.29 is 9.72 Å². The van der Waals surface area contributed by atoms with Gasteiger partial charge >= 0.3 is 0 Å². The summed E-state index contributed by atoms with van der Waals surface area (Å²) in [4.78, 5) is 26.1. The molecular weight excluding hydrogens is 398 g/mol. The number of nitrogens with zero attached hydrogens (tertiary/aromatic N) is 6. The van der Waals surface area contributed by atoms with E-state index < -0.39 is 10.8 Å². The lowest BCUT2D eigenvalue weighted by atomic mass is 9.98. The third-order valence-corrected chi connectivity index (χ3v) is 5.53. The van der Waals surface area contributed by atoms with Gasteiger partial charge in [0.2, 0.25) is 0 Å². The lowest BCUT2D eigenvalue weighted by Gasteiger charge is -2.31. The third kappa shape index (κ3) is 4.37. The highest BCUT2D eigenvalue weighted by molar-refractivity contribution is 6.05. The number of anilines is 2. The summed E-state index contributed by atoms with van der Waals surface area (Å²) in [7, 11) is 0. The Labute approximate surface area is 179 Å². The molecule has 2 aromatic carbocycles. The van der Waals surface area contributed by atoms with Crippen molar-refractivity contribution in [1.82, 2.24) is 20.2 Å². The molecule has 0 radical (unpaired) electrons. The number of carbonyl (C=O) groups is 1. The first-order valence-electron chi connectivity index (χ1n) is 10.1. The minimum Gasteiger partial charge on any atom is -0.366 e. The molecule has 1 aliphatic heterocycles. The van der Waals surface area contributed by atoms with E-state index in [9.17, 15) is 14.9 Å². The van der Waals surface area contributed by atoms with E-state index in [-0.39, 0.29) is 11.3 Å². The van der Waals surface area contributed by atoms with Crippen molar-refractivity contribution in [1.29, 1.82) is 0 Å². The fraction of sp³-hybridized carbons (Fsp3) is 0.333. The molecule has 0 atom stereocenters. The Bertz CT molecular complexity index is 1120. The molecule has 0 spiro atoms. The number of hydrogen-bond donors (Lipinski definition) is 1. The van der Waals surface area contributed by atoms with Crippen molar-refractivity contribution in [3.8, 4) is 5.69 Å². The Morgan fingerprint density at radius 2 is 1.97 bits per heavy atom. The van der Waals surface area contributed by atoms with E-state index in [0.717, 1.165) is 25.9 Å². The molecule has 10 heteroatoms. The largest absolute Gasteiger partial charge is 0.366 e. The molecule has 3 aromatic rings. The second-order valence-corrected chi connectivity index (χ2v) is 7.77. The van der Waals surface area contributed by atoms with Crippen LogP contribution in [0.25, 0.3) is 5.69 Å². The molecule has 10 nitrogen and oxygen atoms in total. The smallest absolute Gasteiger partial charge is 0.293 e. The summed E-state index contributed by atoms with van der Waals surface area (Å²) in [6.45, 7) is 5.51. The quantitative estimate of drug-likeness (QED) is 0.495. The molecular formula is C21H23N7O3. The number of nitro groups is 1. The molecule has 1 amide bonds. The van der Waals surface area contributed by atoms with E-state index in [4.69, 9.17) is 0 Å². The van der Waals surface area contributed by atoms with Crippen molar-refractivity contribution in [3.63, 3.8) is 0 Å². The van der Waals surface area contributed by atoms with Gasteiger partial charge in [-0.25, -0.2) is 0 Å². The van der Waals surface area contributed by atoms with Crippen molar-refractivity contribution >= 4 is 23.0 Å². The maximum atomic E-state index is 12.8. The fourth-order valence-corrected chi connectivity index (χ4v) is 3.72. The van der Waals surface area contributed by atoms with Crippen LogP contribution in [0, 0.1) is 23.0 Å². The average molecular weight is 421 g/mol. The van der Waals surface area contributed by atoms with Crippen LogP contribution in [-0.4, -0.2) is 44.1 Å². The average Bonchev–Trinajstić information content (AvgIpc) is 3.20. The van der Waals surface area contributed by atoms with Gasteiger partial charge in [-0.1, -0.05) is 13.0 Å². The topological polar surface area (TPSA) is 119 Å². The molecule has 1 saturated heterocycles. The maximum absolute atomic E-state index is 12.8. The predicted octanol–water partition coefficient (Wildman–Crippen LogP) is 3.37. The lowest BCUT2D eigenvalue weighted by Crippen LogP contribution is -2.33. The van der Waals surface area contributed by atoms with Crippen LogP contribution in [0.1, 0.15) is 35.9 Å². The zero-order valence-electron chi connectivity index (χ0n) is 17.4. The van der Waals surface area contributed by atoms with Gasteiger partial charge in [0.05, 0.1) is 10.6 Å². The first-order chi connectivity index (χ1) is 14.9. The molecule has 1 N–H and O–H groups in total. The number of aromatic nitrogens is 4. The number of aryl methyl sites for hydroxylation is 1. The van der Waals surface area contributed by atoms with Gasteiger partial charge in [0, 0.05) is 30.4 Å². The summed E-state index contributed by atoms with van der Waals surface area (Å²) in [5, 5.41) is 25.9. The zero-order chi connectivity index (χ0) is 22.0. The van der Waals surface area contributed by atoms with Crippen LogP contribution in [0.5, 0.6) is 0 Å². The van der Waals surface area contributed by atoms with Gasteiger partial charge in [0.25, 0.3) is 11.6 Å². The molecule has 0 unspecified atom stereocenters. The Kier molecular flexibility index (Phi) is 5.61. The zero-order valence-corrected chi connectivity index (χ0v) is 17.4. The molecule has 0 aliphatic carbocycles. The van der Waals surface area contributed by atoms with Crippen molar-refractivity contribution in [3.05, 3.63) is 64.0 Å². The summed E-state index contributed by atoms with van der Waals surface area (Å²) < 4.78 is 1.55. The molecule has 1 aliphatic rings. The minimum atomic E-state index is -0.425. The van der Waals surface area contributed by atoms with Crippen LogP contribution in [0.4, 0.5) is 17.1 Å². The Morgan fingerprint density at radius 3 is 2.65 bits per heavy atom. The highest BCUT2D eigenvalue weighted by atomic mass is 16.6. The first-order valence-corrected chi connectivity index (χ1v) is 10.1. The number of nitro benzene ring substituents is 1. The molecule has 31 heavy (non-hydrogen) atoms. The van der Waals surface area contributed by atoms with E-state index in [1.807, 2.05) is 11.0 Å². The Hall–Kier alpha value is -3.82. The van der Waals surface area contributed by atoms with Crippen LogP contribution in [0.2, 0.25) is 0 Å². The van der Waals surface area contributed by atoms with E-state index >= 15 is 0 Å². The number of benzene rings is 2. The number of nitrogens with one attached hydrogen (secondary N) is 1. The van der Waals surface area contributed by atoms with Gasteiger partial charge in [-0.15, -0.1) is 5.10 Å². The van der Waals surface area contributed by atoms with Crippen LogP contribution in [0.3, 0.4) is 0 Å². The Morgan fingerprint density at radius 1 is 1.19 bits per heavy atom. The van der Waals surface area contributed by atoms with Crippen molar-refractivity contribution in [2.75, 3.05) is 23.3 Å². The van der Waals surface area contributed by atoms with E-state index in [1.165, 1.54) is 6.07 Å². The molecule has 1 aromatic heterocycles. The molecule has 0 saturated carbocycles. The normalized spacial score (nSPS) is 14.5. The van der Waals surface area contributed by atoms with Crippen LogP contribution >= 0.6 is 0 Å². The highest BCUT2D eigenvalue weighted by Gasteiger charge is 2.25. The number of amides is 1. The second-order valence-electron chi connectivity index (χ2n) is 7.77. The molecule has 160 valence electrons. The summed E-state index contributed by atoms with van der Waals surface area (Å²) in [6, 6.07) is 11.7. The fourth-order valence-electron chi connectivity index (χ4n) is 3.72. The summed E-state index contributed by atoms with van der Waals surface area (Å²) in [5.74, 6) is 0.808. The van der Waals surface area contributed by atoms with Gasteiger partial charge < -0.3 is 10.2 Å². The molecule has 4 rings (SSSR count). The molecule has 2 heterocycles. The summed E-state index contributed by atoms with van der Waals surface area (Å²) >= 11 is 0. The Balaban J connectivity index is 1.56. The minimum absolute atomic E-state index is 0.0553. The standard InChI is InChI=1S/C21H23N7O3/c1-14-8-10-26(11-9-14)19-7-6-16(12-20(19)28(30)31)21(29)22-17-4-3-5-18(13-17)27-15(2)23-24-25-27/h3-7,12-14H,8-11H2,1-2H3,(H,22,29). The number of carbonyl (C=O) groups excluding carboxylic acids is 1. The van der Waals surface area contributed by atoms with Crippen LogP contribution < -0.4 is 10.2 Å². The highest BCUT2D eigenvalue weighted by Crippen LogP contribution is 2.32. The van der Waals surface area contributed by atoms with Crippen molar-refractivity contribution in [2.24, 2.45) is 5.92 Å². The number of rotatable bonds is 5. The SMILES string of the molecule is Cc1nnnn1-c1cccc(NC(=O)c2ccc(N3CCC(C)CC3)c([N+](=O)[O-])c2)c1. The first kappa shape index (κ1) is 20.5. The lowest BCUT2D eigenvalue weighted by molar-refractivity contribution is -0.384. The van der Waals surface area contributed by atoms with Crippen LogP contribution in [-0.2, 0) is 0 Å². The molecule has 0 bridgehead atoms. The number of piperidine rings is 1. The van der Waals surface area contributed by atoms with Gasteiger partial charge in [0.1, 0.15) is 5.69 Å². The van der Waals surface area contributed by atoms with Crippen molar-refractivity contribution in [2.45, 2.75) is 26.7 Å². The second kappa shape index (κ2) is 8.50. The van der Waals surface area contributed by atoms with E-state index in [1.54, 1.807) is 41.9 Å². The summed E-state index contributed by atoms with van der Waals surface area (Å²) in [6.07, 6.45) is 1.99. The monoisotopic (exact) mass is 421 g/mol. The van der Waals surface area contributed by atoms with E-state index in [2.05, 4.69) is 27.8 Å². The maximum Gasteiger partial charge on any atom is 0.293 e.